The maximum atomic E-state index is 10.7. The molecule has 1 N–H and O–H groups in total. The first kappa shape index (κ1) is 9.79. The van der Waals surface area contributed by atoms with Gasteiger partial charge in [0.2, 0.25) is 0 Å². The Morgan fingerprint density at radius 1 is 1.23 bits per heavy atom. The molecule has 1 aliphatic carbocycles. The average Bonchev–Trinajstić information content (AvgIpc) is 2.33. The minimum Gasteiger partial charge on any atom is -0.477 e. The molecule has 1 saturated carbocycles. The van der Waals surface area contributed by atoms with E-state index in [9.17, 15) is 4.79 Å². The molecular formula is C10H13NO2. The van der Waals surface area contributed by atoms with Crippen LogP contribution in [0.2, 0.25) is 0 Å². The molecule has 70 valence electrons. The van der Waals surface area contributed by atoms with Gasteiger partial charge in [-0.2, -0.15) is 5.26 Å². The molecule has 0 radical (unpaired) electrons. The molecule has 1 aliphatic rings. The van der Waals surface area contributed by atoms with Crippen molar-refractivity contribution in [3.8, 4) is 6.07 Å². The van der Waals surface area contributed by atoms with Crippen LogP contribution >= 0.6 is 0 Å². The van der Waals surface area contributed by atoms with Crippen molar-refractivity contribution in [2.24, 2.45) is 0 Å². The molecule has 0 amide bonds. The number of carbonyl (C=O) groups is 1. The van der Waals surface area contributed by atoms with E-state index in [1.165, 1.54) is 0 Å². The van der Waals surface area contributed by atoms with Crippen molar-refractivity contribution in [1.29, 1.82) is 5.26 Å². The van der Waals surface area contributed by atoms with Gasteiger partial charge in [-0.15, -0.1) is 0 Å². The molecule has 0 saturated heterocycles. The lowest BCUT2D eigenvalue weighted by Crippen LogP contribution is -2.02. The van der Waals surface area contributed by atoms with Crippen LogP contribution in [0.1, 0.15) is 38.5 Å². The third kappa shape index (κ3) is 2.59. The first-order valence-corrected chi connectivity index (χ1v) is 4.61. The van der Waals surface area contributed by atoms with Crippen LogP contribution in [-0.4, -0.2) is 11.1 Å². The zero-order valence-corrected chi connectivity index (χ0v) is 7.55. The van der Waals surface area contributed by atoms with E-state index in [1.807, 2.05) is 0 Å². The lowest BCUT2D eigenvalue weighted by Gasteiger charge is -2.02. The molecule has 0 aromatic carbocycles. The fourth-order valence-corrected chi connectivity index (χ4v) is 1.68. The fraction of sp³-hybridized carbons (Fsp3) is 0.600. The number of allylic oxidation sites excluding steroid dienone is 1. The highest BCUT2D eigenvalue weighted by atomic mass is 16.4. The van der Waals surface area contributed by atoms with Crippen LogP contribution in [0, 0.1) is 11.3 Å². The average molecular weight is 179 g/mol. The number of hydrogen-bond acceptors (Lipinski definition) is 2. The van der Waals surface area contributed by atoms with Gasteiger partial charge in [-0.25, -0.2) is 4.79 Å². The number of nitriles is 1. The van der Waals surface area contributed by atoms with Crippen LogP contribution in [0.25, 0.3) is 0 Å². The largest absolute Gasteiger partial charge is 0.477 e. The predicted molar refractivity (Wildman–Crippen MR) is 48.0 cm³/mol. The Morgan fingerprint density at radius 2 is 1.77 bits per heavy atom. The second-order valence-electron chi connectivity index (χ2n) is 3.31. The predicted octanol–water partition coefficient (Wildman–Crippen LogP) is 2.25. The highest BCUT2D eigenvalue weighted by Gasteiger charge is 2.15. The number of hydrogen-bond donors (Lipinski definition) is 1. The highest BCUT2D eigenvalue weighted by Crippen LogP contribution is 2.24. The van der Waals surface area contributed by atoms with Crippen molar-refractivity contribution in [2.75, 3.05) is 0 Å². The highest BCUT2D eigenvalue weighted by molar-refractivity contribution is 5.92. The van der Waals surface area contributed by atoms with Gasteiger partial charge in [0.25, 0.3) is 0 Å². The number of rotatable bonds is 1. The van der Waals surface area contributed by atoms with Gasteiger partial charge in [-0.3, -0.25) is 0 Å². The third-order valence-corrected chi connectivity index (χ3v) is 2.39. The van der Waals surface area contributed by atoms with Crippen LogP contribution in [0.15, 0.2) is 11.1 Å². The first-order valence-electron chi connectivity index (χ1n) is 4.61. The van der Waals surface area contributed by atoms with E-state index in [0.717, 1.165) is 44.1 Å². The monoisotopic (exact) mass is 179 g/mol. The number of carboxylic acids is 1. The molecule has 0 heterocycles. The molecule has 0 bridgehead atoms. The summed E-state index contributed by atoms with van der Waals surface area (Å²) in [5.41, 5.74) is 0.814. The van der Waals surface area contributed by atoms with E-state index in [-0.39, 0.29) is 5.57 Å². The first-order chi connectivity index (χ1) is 6.25. The second-order valence-corrected chi connectivity index (χ2v) is 3.31. The SMILES string of the molecule is N#CC(C(=O)O)=C1CCCCCC1. The summed E-state index contributed by atoms with van der Waals surface area (Å²) in [6.45, 7) is 0. The zero-order chi connectivity index (χ0) is 9.68. The lowest BCUT2D eigenvalue weighted by molar-refractivity contribution is -0.132. The Balaban J connectivity index is 2.85. The molecule has 1 fully saturated rings. The van der Waals surface area contributed by atoms with E-state index < -0.39 is 5.97 Å². The Hall–Kier alpha value is -1.30. The molecule has 3 heteroatoms. The summed E-state index contributed by atoms with van der Waals surface area (Å²) in [5, 5.41) is 17.4. The van der Waals surface area contributed by atoms with E-state index in [1.54, 1.807) is 6.07 Å². The summed E-state index contributed by atoms with van der Waals surface area (Å²) < 4.78 is 0. The quantitative estimate of drug-likeness (QED) is 0.381. The Morgan fingerprint density at radius 3 is 2.15 bits per heavy atom. The van der Waals surface area contributed by atoms with Crippen LogP contribution in [-0.2, 0) is 4.79 Å². The molecule has 0 spiro atoms. The zero-order valence-electron chi connectivity index (χ0n) is 7.55. The topological polar surface area (TPSA) is 61.1 Å². The van der Waals surface area contributed by atoms with Gasteiger partial charge >= 0.3 is 5.97 Å². The van der Waals surface area contributed by atoms with Gasteiger partial charge in [-0.05, 0) is 31.3 Å². The van der Waals surface area contributed by atoms with Crippen molar-refractivity contribution < 1.29 is 9.90 Å². The van der Waals surface area contributed by atoms with Crippen molar-refractivity contribution in [3.63, 3.8) is 0 Å². The standard InChI is InChI=1S/C10H13NO2/c11-7-9(10(12)13)8-5-3-1-2-4-6-8/h1-6H2,(H,12,13). The van der Waals surface area contributed by atoms with Crippen LogP contribution in [0.4, 0.5) is 0 Å². The summed E-state index contributed by atoms with van der Waals surface area (Å²) in [6.07, 6.45) is 5.93. The van der Waals surface area contributed by atoms with Crippen LogP contribution in [0.5, 0.6) is 0 Å². The van der Waals surface area contributed by atoms with Crippen molar-refractivity contribution in [1.82, 2.24) is 0 Å². The molecule has 0 unspecified atom stereocenters. The van der Waals surface area contributed by atoms with Crippen molar-refractivity contribution in [3.05, 3.63) is 11.1 Å². The van der Waals surface area contributed by atoms with Crippen LogP contribution in [0.3, 0.4) is 0 Å². The molecule has 1 rings (SSSR count). The molecule has 0 aromatic rings. The molecule has 0 aliphatic heterocycles. The van der Waals surface area contributed by atoms with Gasteiger partial charge in [0.05, 0.1) is 0 Å². The second kappa shape index (κ2) is 4.66. The van der Waals surface area contributed by atoms with Gasteiger partial charge < -0.3 is 5.11 Å². The van der Waals surface area contributed by atoms with Gasteiger partial charge in [0.1, 0.15) is 11.6 Å². The van der Waals surface area contributed by atoms with E-state index in [4.69, 9.17) is 10.4 Å². The Labute approximate surface area is 77.7 Å². The van der Waals surface area contributed by atoms with Gasteiger partial charge in [0.15, 0.2) is 0 Å². The molecule has 3 nitrogen and oxygen atoms in total. The summed E-state index contributed by atoms with van der Waals surface area (Å²) in [7, 11) is 0. The van der Waals surface area contributed by atoms with Crippen molar-refractivity contribution >= 4 is 5.97 Å². The van der Waals surface area contributed by atoms with E-state index >= 15 is 0 Å². The van der Waals surface area contributed by atoms with Crippen molar-refractivity contribution in [2.45, 2.75) is 38.5 Å². The Kier molecular flexibility index (Phi) is 3.51. The summed E-state index contributed by atoms with van der Waals surface area (Å²) in [6, 6.07) is 1.78. The van der Waals surface area contributed by atoms with Crippen LogP contribution < -0.4 is 0 Å². The number of aliphatic carboxylic acids is 1. The fourth-order valence-electron chi connectivity index (χ4n) is 1.68. The molecular weight excluding hydrogens is 166 g/mol. The van der Waals surface area contributed by atoms with E-state index in [2.05, 4.69) is 0 Å². The summed E-state index contributed by atoms with van der Waals surface area (Å²) >= 11 is 0. The summed E-state index contributed by atoms with van der Waals surface area (Å²) in [5.74, 6) is -1.07. The summed E-state index contributed by atoms with van der Waals surface area (Å²) in [4.78, 5) is 10.7. The molecule has 13 heavy (non-hydrogen) atoms. The lowest BCUT2D eigenvalue weighted by atomic mass is 10.0. The third-order valence-electron chi connectivity index (χ3n) is 2.39. The minimum atomic E-state index is -1.07. The maximum Gasteiger partial charge on any atom is 0.346 e. The van der Waals surface area contributed by atoms with Gasteiger partial charge in [-0.1, -0.05) is 12.8 Å². The minimum absolute atomic E-state index is 0.0260. The van der Waals surface area contributed by atoms with Gasteiger partial charge in [0, 0.05) is 0 Å². The normalized spacial score (nSPS) is 17.3. The smallest absolute Gasteiger partial charge is 0.346 e. The molecule has 0 aromatic heterocycles. The Bertz CT molecular complexity index is 263. The molecule has 0 atom stereocenters. The maximum absolute atomic E-state index is 10.7. The number of nitrogens with zero attached hydrogens (tertiary/aromatic N) is 1. The van der Waals surface area contributed by atoms with E-state index in [0.29, 0.717) is 0 Å². The number of carboxylic acid groups (broad SMARTS) is 1.